The van der Waals surface area contributed by atoms with E-state index in [1.807, 2.05) is 13.8 Å². The second kappa shape index (κ2) is 10.7. The summed E-state index contributed by atoms with van der Waals surface area (Å²) in [6, 6.07) is 6.43. The van der Waals surface area contributed by atoms with Gasteiger partial charge in [-0.2, -0.15) is 8.42 Å². The number of hydrogen-bond acceptors (Lipinski definition) is 7. The third-order valence-electron chi connectivity index (χ3n) is 4.90. The molecule has 0 amide bonds. The Hall–Kier alpha value is -1.03. The van der Waals surface area contributed by atoms with Gasteiger partial charge in [0.1, 0.15) is 18.3 Å². The van der Waals surface area contributed by atoms with Gasteiger partial charge in [0.25, 0.3) is 10.1 Å². The van der Waals surface area contributed by atoms with Gasteiger partial charge >= 0.3 is 0 Å². The van der Waals surface area contributed by atoms with Crippen molar-refractivity contribution in [2.24, 2.45) is 0 Å². The van der Waals surface area contributed by atoms with Crippen LogP contribution < -0.4 is 0 Å². The summed E-state index contributed by atoms with van der Waals surface area (Å²) in [4.78, 5) is 0.0959. The van der Waals surface area contributed by atoms with Gasteiger partial charge in [-0.15, -0.1) is 0 Å². The quantitative estimate of drug-likeness (QED) is 0.438. The molecule has 1 heterocycles. The molecule has 8 heteroatoms. The molecule has 0 spiro atoms. The first-order valence-corrected chi connectivity index (χ1v) is 11.1. The van der Waals surface area contributed by atoms with E-state index in [4.69, 9.17) is 18.4 Å². The predicted molar refractivity (Wildman–Crippen MR) is 105 cm³/mol. The average Bonchev–Trinajstić information content (AvgIpc) is 2.97. The van der Waals surface area contributed by atoms with Gasteiger partial charge in [0.15, 0.2) is 0 Å². The molecule has 1 saturated heterocycles. The number of aryl methyl sites for hydroxylation is 1. The van der Waals surface area contributed by atoms with E-state index in [2.05, 4.69) is 6.92 Å². The van der Waals surface area contributed by atoms with Crippen molar-refractivity contribution >= 4 is 10.1 Å². The van der Waals surface area contributed by atoms with Gasteiger partial charge < -0.3 is 19.3 Å². The Morgan fingerprint density at radius 3 is 2.46 bits per heavy atom. The second-order valence-corrected chi connectivity index (χ2v) is 8.76. The highest BCUT2D eigenvalue weighted by atomic mass is 32.2. The summed E-state index contributed by atoms with van der Waals surface area (Å²) in [7, 11) is -2.27. The lowest BCUT2D eigenvalue weighted by atomic mass is 10.0. The smallest absolute Gasteiger partial charge is 0.296 e. The van der Waals surface area contributed by atoms with Gasteiger partial charge in [0, 0.05) is 20.1 Å². The number of aliphatic hydroxyl groups is 1. The molecule has 160 valence electrons. The summed E-state index contributed by atoms with van der Waals surface area (Å²) in [5, 5.41) is 10.6. The van der Waals surface area contributed by atoms with E-state index >= 15 is 0 Å². The molecule has 2 rings (SSSR count). The van der Waals surface area contributed by atoms with Crippen LogP contribution in [0, 0.1) is 6.92 Å². The van der Waals surface area contributed by atoms with Crippen LogP contribution in [0.1, 0.15) is 38.7 Å². The highest BCUT2D eigenvalue weighted by molar-refractivity contribution is 7.86. The normalized spacial score (nSPS) is 26.5. The number of rotatable bonds is 11. The maximum Gasteiger partial charge on any atom is 0.296 e. The molecule has 1 N–H and O–H groups in total. The Morgan fingerprint density at radius 2 is 1.86 bits per heavy atom. The van der Waals surface area contributed by atoms with Crippen LogP contribution in [0.15, 0.2) is 29.2 Å². The van der Waals surface area contributed by atoms with E-state index in [0.717, 1.165) is 18.4 Å². The van der Waals surface area contributed by atoms with E-state index in [0.29, 0.717) is 6.61 Å². The molecule has 0 radical (unpaired) electrons. The number of methoxy groups -OCH3 is 1. The van der Waals surface area contributed by atoms with Crippen LogP contribution in [0.25, 0.3) is 0 Å². The van der Waals surface area contributed by atoms with Crippen LogP contribution >= 0.6 is 0 Å². The first kappa shape index (κ1) is 23.3. The Morgan fingerprint density at radius 1 is 1.18 bits per heavy atom. The summed E-state index contributed by atoms with van der Waals surface area (Å²) >= 11 is 0. The van der Waals surface area contributed by atoms with E-state index in [1.54, 1.807) is 19.2 Å². The largest absolute Gasteiger partial charge is 0.390 e. The third-order valence-corrected chi connectivity index (χ3v) is 6.23. The molecule has 1 aliphatic heterocycles. The fourth-order valence-corrected chi connectivity index (χ4v) is 4.18. The van der Waals surface area contributed by atoms with Crippen molar-refractivity contribution in [1.82, 2.24) is 0 Å². The van der Waals surface area contributed by atoms with Gasteiger partial charge in [0.2, 0.25) is 0 Å². The standard InChI is InChI=1S/C20H32O7S/c1-5-6-12-25-20-18(24-4)15(3)27-19(20)17(21)11-13-26-28(22,23)16-9-7-14(2)8-10-16/h7-10,15,17-21H,5-6,11-13H2,1-4H3/t15-,17-,18-,19+,20-/m0/s1. The number of aliphatic hydroxyl groups excluding tert-OH is 1. The molecule has 5 atom stereocenters. The number of hydrogen-bond donors (Lipinski definition) is 1. The summed E-state index contributed by atoms with van der Waals surface area (Å²) < 4.78 is 46.8. The SMILES string of the molecule is CCCCO[C@H]1[C@@H](OC)[C@H](C)O[C@@H]1[C@@H](O)CCOS(=O)(=O)c1ccc(C)cc1. The molecule has 7 nitrogen and oxygen atoms in total. The van der Waals surface area contributed by atoms with Crippen molar-refractivity contribution in [3.05, 3.63) is 29.8 Å². The van der Waals surface area contributed by atoms with Gasteiger partial charge in [0.05, 0.1) is 23.7 Å². The molecular formula is C20H32O7S. The molecule has 1 fully saturated rings. The van der Waals surface area contributed by atoms with Crippen LogP contribution in [0.4, 0.5) is 0 Å². The summed E-state index contributed by atoms with van der Waals surface area (Å²) in [6.07, 6.45) is -0.435. The van der Waals surface area contributed by atoms with Crippen molar-refractivity contribution in [3.8, 4) is 0 Å². The minimum absolute atomic E-state index is 0.0959. The van der Waals surface area contributed by atoms with Crippen LogP contribution in [-0.2, 0) is 28.5 Å². The summed E-state index contributed by atoms with van der Waals surface area (Å²) in [5.74, 6) is 0. The zero-order chi connectivity index (χ0) is 20.7. The van der Waals surface area contributed by atoms with E-state index in [9.17, 15) is 13.5 Å². The van der Waals surface area contributed by atoms with Crippen molar-refractivity contribution < 1.29 is 31.9 Å². The Balaban J connectivity index is 1.93. The van der Waals surface area contributed by atoms with Crippen LogP contribution in [0.2, 0.25) is 0 Å². The van der Waals surface area contributed by atoms with Crippen molar-refractivity contribution in [3.63, 3.8) is 0 Å². The highest BCUT2D eigenvalue weighted by Gasteiger charge is 2.46. The van der Waals surface area contributed by atoms with Crippen LogP contribution in [0.5, 0.6) is 0 Å². The Labute approximate surface area is 168 Å². The van der Waals surface area contributed by atoms with Gasteiger partial charge in [-0.25, -0.2) is 0 Å². The maximum atomic E-state index is 12.3. The number of ether oxygens (including phenoxy) is 3. The molecule has 0 unspecified atom stereocenters. The van der Waals surface area contributed by atoms with Gasteiger partial charge in [-0.1, -0.05) is 31.0 Å². The molecule has 1 aliphatic rings. The fourth-order valence-electron chi connectivity index (χ4n) is 3.26. The average molecular weight is 417 g/mol. The fraction of sp³-hybridized carbons (Fsp3) is 0.700. The molecule has 1 aromatic rings. The van der Waals surface area contributed by atoms with Crippen molar-refractivity contribution in [2.75, 3.05) is 20.3 Å². The molecule has 1 aromatic carbocycles. The summed E-state index contributed by atoms with van der Waals surface area (Å²) in [6.45, 7) is 6.23. The van der Waals surface area contributed by atoms with E-state index in [1.165, 1.54) is 12.1 Å². The molecule has 0 bridgehead atoms. The van der Waals surface area contributed by atoms with E-state index < -0.39 is 28.4 Å². The Kier molecular flexibility index (Phi) is 8.85. The lowest BCUT2D eigenvalue weighted by Crippen LogP contribution is -2.42. The van der Waals surface area contributed by atoms with Crippen molar-refractivity contribution in [1.29, 1.82) is 0 Å². The maximum absolute atomic E-state index is 12.3. The van der Waals surface area contributed by atoms with Gasteiger partial charge in [-0.3, -0.25) is 4.18 Å². The lowest BCUT2D eigenvalue weighted by molar-refractivity contribution is -0.0918. The minimum atomic E-state index is -3.86. The molecule has 0 aliphatic carbocycles. The molecule has 0 saturated carbocycles. The molecular weight excluding hydrogens is 384 g/mol. The lowest BCUT2D eigenvalue weighted by Gasteiger charge is -2.26. The first-order valence-electron chi connectivity index (χ1n) is 9.74. The van der Waals surface area contributed by atoms with Gasteiger partial charge in [-0.05, 0) is 32.4 Å². The third kappa shape index (κ3) is 5.98. The zero-order valence-corrected chi connectivity index (χ0v) is 17.9. The second-order valence-electron chi connectivity index (χ2n) is 7.14. The molecule has 28 heavy (non-hydrogen) atoms. The first-order chi connectivity index (χ1) is 13.3. The minimum Gasteiger partial charge on any atom is -0.390 e. The topological polar surface area (TPSA) is 91.3 Å². The molecule has 0 aromatic heterocycles. The monoisotopic (exact) mass is 416 g/mol. The predicted octanol–water partition coefficient (Wildman–Crippen LogP) is 2.44. The number of unbranched alkanes of at least 4 members (excludes halogenated alkanes) is 1. The zero-order valence-electron chi connectivity index (χ0n) is 17.0. The Bertz CT molecular complexity index is 689. The highest BCUT2D eigenvalue weighted by Crippen LogP contribution is 2.29. The van der Waals surface area contributed by atoms with E-state index in [-0.39, 0.29) is 30.1 Å². The van der Waals surface area contributed by atoms with Crippen LogP contribution in [-0.4, -0.2) is 64.4 Å². The van der Waals surface area contributed by atoms with Crippen LogP contribution in [0.3, 0.4) is 0 Å². The van der Waals surface area contributed by atoms with Crippen molar-refractivity contribution in [2.45, 2.75) is 75.4 Å². The number of benzene rings is 1. The summed E-state index contributed by atoms with van der Waals surface area (Å²) in [5.41, 5.74) is 0.962.